The molecule has 3 aliphatic heterocycles. The van der Waals surface area contributed by atoms with Gasteiger partial charge in [0.1, 0.15) is 48.5 Å². The van der Waals surface area contributed by atoms with Gasteiger partial charge in [-0.2, -0.15) is 0 Å². The van der Waals surface area contributed by atoms with Crippen molar-refractivity contribution >= 4 is 24.0 Å². The van der Waals surface area contributed by atoms with Crippen molar-refractivity contribution in [2.45, 2.75) is 159 Å². The Morgan fingerprint density at radius 2 is 1.69 bits per heavy atom. The maximum Gasteiger partial charge on any atom is 0.309 e. The molecule has 1 unspecified atom stereocenters. The van der Waals surface area contributed by atoms with Crippen LogP contribution in [0.3, 0.4) is 0 Å². The standard InChI is InChI=1S/C44H73NO17/c1-12-34(48)59-33-25-35(49)56-28(3)16-14-13-15-17-32(47)27(2)24-31(18-19-46)40(41(33)52-10)61-43-38(50)37(45(7)8)39(29(4)58-43)60-36-26-44(6,62-53-11)42(30(5)57-36)55-23-22-54-21-20-51-9/h13-15,17,19,27-31,33,36-43,50H,12,16,18,20-26H2,1-11H3/b14-13+,17-15+/t27-,28-,29-,30+,31+,33-,36+,37-,38-,39-,40+,41?,42+,43+,44-/m1/s1. The second kappa shape index (κ2) is 26.9. The summed E-state index contributed by atoms with van der Waals surface area (Å²) >= 11 is 0. The molecule has 3 heterocycles. The molecule has 0 bridgehead atoms. The highest BCUT2D eigenvalue weighted by Gasteiger charge is 2.53. The Hall–Kier alpha value is -2.72. The summed E-state index contributed by atoms with van der Waals surface area (Å²) in [7, 11) is 7.94. The van der Waals surface area contributed by atoms with Crippen molar-refractivity contribution in [3.05, 3.63) is 24.3 Å². The summed E-state index contributed by atoms with van der Waals surface area (Å²) in [6.45, 7) is 12.0. The average Bonchev–Trinajstić information content (AvgIpc) is 3.20. The highest BCUT2D eigenvalue weighted by atomic mass is 17.2. The average molecular weight is 888 g/mol. The first-order valence-electron chi connectivity index (χ1n) is 21.6. The predicted molar refractivity (Wildman–Crippen MR) is 222 cm³/mol. The molecule has 18 nitrogen and oxygen atoms in total. The molecular formula is C44H73NO17. The number of aliphatic hydroxyl groups is 1. The summed E-state index contributed by atoms with van der Waals surface area (Å²) in [6.07, 6.45) is -2.89. The van der Waals surface area contributed by atoms with Crippen LogP contribution < -0.4 is 0 Å². The van der Waals surface area contributed by atoms with E-state index in [-0.39, 0.29) is 38.1 Å². The summed E-state index contributed by atoms with van der Waals surface area (Å²) in [6, 6.07) is -0.754. The lowest BCUT2D eigenvalue weighted by Crippen LogP contribution is -2.66. The van der Waals surface area contributed by atoms with Crippen molar-refractivity contribution in [3.63, 3.8) is 0 Å². The quantitative estimate of drug-likeness (QED) is 0.0650. The van der Waals surface area contributed by atoms with Crippen LogP contribution in [0.4, 0.5) is 0 Å². The number of allylic oxidation sites excluding steroid dienone is 3. The monoisotopic (exact) mass is 887 g/mol. The van der Waals surface area contributed by atoms with Gasteiger partial charge in [-0.25, -0.2) is 9.78 Å². The van der Waals surface area contributed by atoms with Gasteiger partial charge in [-0.15, -0.1) is 0 Å². The first kappa shape index (κ1) is 53.6. The topological polar surface area (TPSA) is 203 Å². The van der Waals surface area contributed by atoms with Crippen LogP contribution in [-0.4, -0.2) is 175 Å². The number of hydrogen-bond acceptors (Lipinski definition) is 18. The summed E-state index contributed by atoms with van der Waals surface area (Å²) in [5.74, 6) is -2.78. The minimum atomic E-state index is -1.38. The number of hydrogen-bond donors (Lipinski definition) is 1. The Morgan fingerprint density at radius 3 is 2.34 bits per heavy atom. The number of carbonyl (C=O) groups excluding carboxylic acids is 4. The van der Waals surface area contributed by atoms with Gasteiger partial charge in [0.25, 0.3) is 0 Å². The molecule has 18 heteroatoms. The third-order valence-electron chi connectivity index (χ3n) is 11.4. The molecule has 2 saturated heterocycles. The summed E-state index contributed by atoms with van der Waals surface area (Å²) in [5, 5.41) is 12.2. The molecule has 0 aliphatic carbocycles. The zero-order valence-corrected chi connectivity index (χ0v) is 38.5. The van der Waals surface area contributed by atoms with Crippen LogP contribution in [-0.2, 0) is 76.3 Å². The van der Waals surface area contributed by atoms with Gasteiger partial charge in [0.05, 0.1) is 64.3 Å². The molecule has 0 aromatic heterocycles. The number of carbonyl (C=O) groups is 4. The highest BCUT2D eigenvalue weighted by molar-refractivity contribution is 5.91. The van der Waals surface area contributed by atoms with E-state index in [2.05, 4.69) is 0 Å². The van der Waals surface area contributed by atoms with Crippen LogP contribution in [0.25, 0.3) is 0 Å². The van der Waals surface area contributed by atoms with Crippen LogP contribution >= 0.6 is 0 Å². The molecule has 15 atom stereocenters. The number of cyclic esters (lactones) is 1. The van der Waals surface area contributed by atoms with E-state index in [0.29, 0.717) is 32.5 Å². The van der Waals surface area contributed by atoms with Crippen LogP contribution in [0.15, 0.2) is 24.3 Å². The highest BCUT2D eigenvalue weighted by Crippen LogP contribution is 2.39. The Bertz CT molecular complexity index is 1430. The van der Waals surface area contributed by atoms with E-state index in [1.165, 1.54) is 20.3 Å². The Labute approximate surface area is 367 Å². The van der Waals surface area contributed by atoms with Gasteiger partial charge in [0, 0.05) is 45.8 Å². The van der Waals surface area contributed by atoms with Crippen molar-refractivity contribution in [1.82, 2.24) is 4.90 Å². The number of ketones is 1. The molecule has 0 radical (unpaired) electrons. The lowest BCUT2D eigenvalue weighted by molar-refractivity contribution is -0.407. The number of aldehydes is 1. The molecule has 3 aliphatic rings. The van der Waals surface area contributed by atoms with Gasteiger partial charge < -0.3 is 62.2 Å². The molecule has 356 valence electrons. The van der Waals surface area contributed by atoms with Crippen LogP contribution in [0.5, 0.6) is 0 Å². The van der Waals surface area contributed by atoms with E-state index in [9.17, 15) is 24.3 Å². The first-order chi connectivity index (χ1) is 29.5. The van der Waals surface area contributed by atoms with Crippen LogP contribution in [0.2, 0.25) is 0 Å². The molecule has 2 fully saturated rings. The molecule has 62 heavy (non-hydrogen) atoms. The number of nitrogens with zero attached hydrogens (tertiary/aromatic N) is 1. The molecule has 0 aromatic rings. The first-order valence-corrected chi connectivity index (χ1v) is 21.6. The molecule has 3 rings (SSSR count). The van der Waals surface area contributed by atoms with E-state index < -0.39 is 109 Å². The minimum absolute atomic E-state index is 0.00358. The molecule has 0 amide bonds. The third kappa shape index (κ3) is 15.8. The van der Waals surface area contributed by atoms with Crippen molar-refractivity contribution in [1.29, 1.82) is 0 Å². The van der Waals surface area contributed by atoms with E-state index in [1.54, 1.807) is 72.0 Å². The fourth-order valence-electron chi connectivity index (χ4n) is 8.32. The van der Waals surface area contributed by atoms with Gasteiger partial charge in [0.2, 0.25) is 0 Å². The van der Waals surface area contributed by atoms with Crippen molar-refractivity contribution in [2.75, 3.05) is 61.9 Å². The third-order valence-corrected chi connectivity index (χ3v) is 11.4. The Morgan fingerprint density at radius 1 is 0.968 bits per heavy atom. The van der Waals surface area contributed by atoms with Crippen molar-refractivity contribution in [3.8, 4) is 0 Å². The number of rotatable bonds is 19. The fourth-order valence-corrected chi connectivity index (χ4v) is 8.32. The molecule has 1 N–H and O–H groups in total. The number of aliphatic hydroxyl groups excluding tert-OH is 1. The lowest BCUT2D eigenvalue weighted by atomic mass is 9.83. The van der Waals surface area contributed by atoms with Crippen molar-refractivity contribution < 1.29 is 81.4 Å². The zero-order chi connectivity index (χ0) is 46.0. The van der Waals surface area contributed by atoms with E-state index in [4.69, 9.17) is 57.1 Å². The lowest BCUT2D eigenvalue weighted by Gasteiger charge is -2.50. The van der Waals surface area contributed by atoms with Gasteiger partial charge >= 0.3 is 11.9 Å². The second-order valence-electron chi connectivity index (χ2n) is 16.6. The van der Waals surface area contributed by atoms with E-state index in [1.807, 2.05) is 13.8 Å². The fraction of sp³-hybridized carbons (Fsp3) is 0.818. The van der Waals surface area contributed by atoms with E-state index >= 15 is 0 Å². The smallest absolute Gasteiger partial charge is 0.309 e. The Kier molecular flexibility index (Phi) is 23.3. The normalized spacial score (nSPS) is 37.7. The van der Waals surface area contributed by atoms with Gasteiger partial charge in [-0.3, -0.25) is 14.4 Å². The minimum Gasteiger partial charge on any atom is -0.462 e. The Balaban J connectivity index is 1.97. The maximum absolute atomic E-state index is 13.4. The van der Waals surface area contributed by atoms with Crippen LogP contribution in [0, 0.1) is 11.8 Å². The number of likely N-dealkylation sites (N-methyl/N-ethyl adjacent to an activating group) is 1. The van der Waals surface area contributed by atoms with Crippen molar-refractivity contribution in [2.24, 2.45) is 11.8 Å². The number of methoxy groups -OCH3 is 2. The molecular weight excluding hydrogens is 814 g/mol. The second-order valence-corrected chi connectivity index (χ2v) is 16.6. The summed E-state index contributed by atoms with van der Waals surface area (Å²) in [5.41, 5.74) is -1.01. The van der Waals surface area contributed by atoms with E-state index in [0.717, 1.165) is 0 Å². The number of ether oxygens (including phenoxy) is 10. The predicted octanol–water partition coefficient (Wildman–Crippen LogP) is 3.29. The van der Waals surface area contributed by atoms with Gasteiger partial charge in [0.15, 0.2) is 18.4 Å². The van der Waals surface area contributed by atoms with Crippen LogP contribution in [0.1, 0.15) is 80.1 Å². The van der Waals surface area contributed by atoms with Gasteiger partial charge in [-0.05, 0) is 60.2 Å². The van der Waals surface area contributed by atoms with Gasteiger partial charge in [-0.1, -0.05) is 32.1 Å². The SMILES string of the molecule is CCC(=O)O[C@@H]1CC(=O)O[C@H](C)C/C=C/C=C/C(=O)[C@H](C)C[C@H](CC=O)[C@H](O[C@@H]2O[C@H](C)[C@@H](O[C@H]3C[C@@](C)(OOC)[C@@H](OCCOCCOC)[C@H](C)O3)[C@H](N(C)C)[C@H]2O)C1OC. The summed E-state index contributed by atoms with van der Waals surface area (Å²) in [4.78, 5) is 64.7. The molecule has 0 spiro atoms. The molecule has 0 saturated carbocycles. The number of esters is 2. The maximum atomic E-state index is 13.4. The zero-order valence-electron chi connectivity index (χ0n) is 38.5. The largest absolute Gasteiger partial charge is 0.462 e. The summed E-state index contributed by atoms with van der Waals surface area (Å²) < 4.78 is 60.5. The molecule has 0 aromatic carbocycles.